The van der Waals surface area contributed by atoms with E-state index in [0.717, 1.165) is 29.3 Å². The van der Waals surface area contributed by atoms with Crippen molar-refractivity contribution in [2.24, 2.45) is 0 Å². The van der Waals surface area contributed by atoms with Crippen LogP contribution in [0.4, 0.5) is 5.69 Å². The van der Waals surface area contributed by atoms with Gasteiger partial charge in [0.15, 0.2) is 5.82 Å². The van der Waals surface area contributed by atoms with Crippen molar-refractivity contribution in [2.75, 3.05) is 5.32 Å². The van der Waals surface area contributed by atoms with Crippen molar-refractivity contribution >= 4 is 33.5 Å². The van der Waals surface area contributed by atoms with Crippen LogP contribution in [0.25, 0.3) is 21.9 Å². The third-order valence-electron chi connectivity index (χ3n) is 6.10. The number of para-hydroxylation sites is 1. The van der Waals surface area contributed by atoms with Gasteiger partial charge < -0.3 is 14.4 Å². The van der Waals surface area contributed by atoms with Crippen LogP contribution in [0.2, 0.25) is 0 Å². The van der Waals surface area contributed by atoms with E-state index in [2.05, 4.69) is 20.4 Å². The molecular weight excluding hydrogens is 432 g/mol. The molecule has 1 N–H and O–H groups in total. The summed E-state index contributed by atoms with van der Waals surface area (Å²) < 4.78 is 8.52. The molecule has 170 valence electrons. The highest BCUT2D eigenvalue weighted by atomic mass is 16.5. The molecule has 3 heterocycles. The molecule has 1 fully saturated rings. The Bertz CT molecular complexity index is 1590. The van der Waals surface area contributed by atoms with E-state index >= 15 is 0 Å². The summed E-state index contributed by atoms with van der Waals surface area (Å²) in [5.74, 6) is 1.19. The number of nitrogens with one attached hydrogen (secondary N) is 1. The number of rotatable bonds is 6. The van der Waals surface area contributed by atoms with Crippen LogP contribution < -0.4 is 10.9 Å². The number of nitrogens with zero attached hydrogens (tertiary/aromatic N) is 5. The second kappa shape index (κ2) is 7.95. The Balaban J connectivity index is 1.38. The third kappa shape index (κ3) is 3.64. The second-order valence-electron chi connectivity index (χ2n) is 8.71. The van der Waals surface area contributed by atoms with Crippen LogP contribution in [0.1, 0.15) is 36.0 Å². The minimum Gasteiger partial charge on any atom is -0.337 e. The number of carbonyl (C=O) groups is 1. The third-order valence-corrected chi connectivity index (χ3v) is 6.10. The van der Waals surface area contributed by atoms with Crippen molar-refractivity contribution in [3.8, 4) is 0 Å². The topological polar surface area (TPSA) is 108 Å². The number of fused-ring (bicyclic) bond motifs is 3. The first-order valence-electron chi connectivity index (χ1n) is 11.2. The van der Waals surface area contributed by atoms with Gasteiger partial charge in [0.05, 0.1) is 11.8 Å². The monoisotopic (exact) mass is 454 g/mol. The molecule has 34 heavy (non-hydrogen) atoms. The number of hydrogen-bond acceptors (Lipinski definition) is 6. The summed E-state index contributed by atoms with van der Waals surface area (Å²) in [6.45, 7) is 2.09. The van der Waals surface area contributed by atoms with Gasteiger partial charge in [-0.2, -0.15) is 4.98 Å². The molecule has 9 nitrogen and oxygen atoms in total. The molecule has 0 unspecified atom stereocenters. The van der Waals surface area contributed by atoms with Gasteiger partial charge >= 0.3 is 0 Å². The first-order valence-corrected chi connectivity index (χ1v) is 11.2. The molecule has 2 aromatic carbocycles. The Morgan fingerprint density at radius 2 is 1.94 bits per heavy atom. The molecule has 0 atom stereocenters. The molecule has 1 amide bonds. The summed E-state index contributed by atoms with van der Waals surface area (Å²) in [4.78, 5) is 35.4. The SMILES string of the molecule is Cc1ccc(NC(=O)Cn2c3ccccc3c3ncn(Cc4nc(C5CC5)no4)c(=O)c32)cc1. The standard InChI is InChI=1S/C25H22N6O3/c1-15-6-10-17(11-7-15)27-20(32)12-31-19-5-3-2-4-18(19)22-23(31)25(33)30(14-26-22)13-21-28-24(29-34-21)16-8-9-16/h2-7,10-11,14,16H,8-9,12-13H2,1H3,(H,27,32). The largest absolute Gasteiger partial charge is 0.337 e. The number of amides is 1. The fourth-order valence-corrected chi connectivity index (χ4v) is 4.19. The number of aryl methyl sites for hydroxylation is 1. The molecule has 1 aliphatic rings. The normalized spacial score (nSPS) is 13.6. The summed E-state index contributed by atoms with van der Waals surface area (Å²) in [6.07, 6.45) is 3.63. The van der Waals surface area contributed by atoms with Gasteiger partial charge in [0.2, 0.25) is 11.8 Å². The Hall–Kier alpha value is -4.27. The van der Waals surface area contributed by atoms with Gasteiger partial charge in [0.25, 0.3) is 5.56 Å². The molecule has 9 heteroatoms. The Morgan fingerprint density at radius 1 is 1.15 bits per heavy atom. The van der Waals surface area contributed by atoms with E-state index < -0.39 is 0 Å². The maximum Gasteiger partial charge on any atom is 0.278 e. The predicted molar refractivity (Wildman–Crippen MR) is 127 cm³/mol. The van der Waals surface area contributed by atoms with Crippen molar-refractivity contribution in [1.29, 1.82) is 0 Å². The van der Waals surface area contributed by atoms with Crippen LogP contribution in [0, 0.1) is 6.92 Å². The molecular formula is C25H22N6O3. The molecule has 0 bridgehead atoms. The van der Waals surface area contributed by atoms with Gasteiger partial charge in [-0.1, -0.05) is 41.1 Å². The van der Waals surface area contributed by atoms with Gasteiger partial charge in [-0.05, 0) is 38.0 Å². The molecule has 0 aliphatic heterocycles. The summed E-state index contributed by atoms with van der Waals surface area (Å²) >= 11 is 0. The van der Waals surface area contributed by atoms with Gasteiger partial charge in [-0.15, -0.1) is 0 Å². The van der Waals surface area contributed by atoms with Crippen molar-refractivity contribution < 1.29 is 9.32 Å². The molecule has 1 saturated carbocycles. The second-order valence-corrected chi connectivity index (χ2v) is 8.71. The summed E-state index contributed by atoms with van der Waals surface area (Å²) in [7, 11) is 0. The van der Waals surface area contributed by atoms with Crippen molar-refractivity contribution in [3.05, 3.63) is 82.5 Å². The molecule has 0 saturated heterocycles. The fourth-order valence-electron chi connectivity index (χ4n) is 4.19. The lowest BCUT2D eigenvalue weighted by atomic mass is 10.2. The zero-order chi connectivity index (χ0) is 23.2. The minimum absolute atomic E-state index is 0.0226. The van der Waals surface area contributed by atoms with Crippen LogP contribution in [0.3, 0.4) is 0 Å². The lowest BCUT2D eigenvalue weighted by molar-refractivity contribution is -0.116. The number of aromatic nitrogens is 5. The molecule has 0 radical (unpaired) electrons. The van der Waals surface area contributed by atoms with E-state index in [9.17, 15) is 9.59 Å². The van der Waals surface area contributed by atoms with Gasteiger partial charge in [0, 0.05) is 17.0 Å². The van der Waals surface area contributed by atoms with Crippen molar-refractivity contribution in [2.45, 2.75) is 38.8 Å². The van der Waals surface area contributed by atoms with Crippen molar-refractivity contribution in [1.82, 2.24) is 24.3 Å². The minimum atomic E-state index is -0.268. The summed E-state index contributed by atoms with van der Waals surface area (Å²) in [5.41, 5.74) is 3.24. The Morgan fingerprint density at radius 3 is 2.74 bits per heavy atom. The molecule has 1 aliphatic carbocycles. The van der Waals surface area contributed by atoms with E-state index in [1.807, 2.05) is 55.5 Å². The van der Waals surface area contributed by atoms with Crippen LogP contribution >= 0.6 is 0 Å². The van der Waals surface area contributed by atoms with Crippen LogP contribution in [0.5, 0.6) is 0 Å². The van der Waals surface area contributed by atoms with E-state index in [4.69, 9.17) is 4.52 Å². The summed E-state index contributed by atoms with van der Waals surface area (Å²) in [5, 5.41) is 7.75. The zero-order valence-electron chi connectivity index (χ0n) is 18.6. The number of anilines is 1. The first-order chi connectivity index (χ1) is 16.6. The lowest BCUT2D eigenvalue weighted by Crippen LogP contribution is -2.25. The van der Waals surface area contributed by atoms with Crippen LogP contribution in [0.15, 0.2) is 64.2 Å². The number of carbonyl (C=O) groups excluding carboxylic acids is 1. The molecule has 3 aromatic heterocycles. The van der Waals surface area contributed by atoms with Crippen molar-refractivity contribution in [3.63, 3.8) is 0 Å². The van der Waals surface area contributed by atoms with E-state index in [1.54, 1.807) is 4.57 Å². The average molecular weight is 454 g/mol. The van der Waals surface area contributed by atoms with Crippen LogP contribution in [-0.4, -0.2) is 30.2 Å². The van der Waals surface area contributed by atoms with E-state index in [1.165, 1.54) is 10.9 Å². The maximum absolute atomic E-state index is 13.5. The van der Waals surface area contributed by atoms with Crippen LogP contribution in [-0.2, 0) is 17.9 Å². The molecule has 5 aromatic rings. The Kier molecular flexibility index (Phi) is 4.75. The van der Waals surface area contributed by atoms with E-state index in [-0.39, 0.29) is 24.6 Å². The van der Waals surface area contributed by atoms with Gasteiger partial charge in [-0.3, -0.25) is 14.2 Å². The van der Waals surface area contributed by atoms with Gasteiger partial charge in [-0.25, -0.2) is 4.98 Å². The lowest BCUT2D eigenvalue weighted by Gasteiger charge is -2.09. The zero-order valence-corrected chi connectivity index (χ0v) is 18.6. The highest BCUT2D eigenvalue weighted by Gasteiger charge is 2.29. The number of benzene rings is 2. The smallest absolute Gasteiger partial charge is 0.278 e. The quantitative estimate of drug-likeness (QED) is 0.420. The highest BCUT2D eigenvalue weighted by molar-refractivity contribution is 6.06. The first kappa shape index (κ1) is 20.3. The molecule has 0 spiro atoms. The Labute approximate surface area is 194 Å². The number of hydrogen-bond donors (Lipinski definition) is 1. The fraction of sp³-hybridized carbons (Fsp3) is 0.240. The molecule has 6 rings (SSSR count). The maximum atomic E-state index is 13.5. The van der Waals surface area contributed by atoms with E-state index in [0.29, 0.717) is 34.4 Å². The average Bonchev–Trinajstić information content (AvgIpc) is 3.51. The van der Waals surface area contributed by atoms with Gasteiger partial charge in [0.1, 0.15) is 24.1 Å². The highest BCUT2D eigenvalue weighted by Crippen LogP contribution is 2.38. The summed E-state index contributed by atoms with van der Waals surface area (Å²) in [6, 6.07) is 15.1. The predicted octanol–water partition coefficient (Wildman–Crippen LogP) is 3.61.